The highest BCUT2D eigenvalue weighted by Gasteiger charge is 2.34. The van der Waals surface area contributed by atoms with E-state index in [1.165, 1.54) is 12.4 Å². The summed E-state index contributed by atoms with van der Waals surface area (Å²) in [5, 5.41) is 8.97. The summed E-state index contributed by atoms with van der Waals surface area (Å²) in [5.74, 6) is 0.133. The van der Waals surface area contributed by atoms with Crippen molar-refractivity contribution in [3.63, 3.8) is 0 Å². The number of pyridine rings is 1. The summed E-state index contributed by atoms with van der Waals surface area (Å²) in [7, 11) is 0. The SMILES string of the molecule is N#CCCN(CCN1CCOCC1)c1cc(C(F)(F)F)nc(-c2ccncc2)n1. The van der Waals surface area contributed by atoms with Gasteiger partial charge >= 0.3 is 6.18 Å². The van der Waals surface area contributed by atoms with Gasteiger partial charge in [-0.25, -0.2) is 9.97 Å². The molecule has 29 heavy (non-hydrogen) atoms. The van der Waals surface area contributed by atoms with Crippen molar-refractivity contribution in [1.82, 2.24) is 19.9 Å². The van der Waals surface area contributed by atoms with Gasteiger partial charge in [-0.05, 0) is 12.1 Å². The topological polar surface area (TPSA) is 78.2 Å². The van der Waals surface area contributed by atoms with Crippen molar-refractivity contribution in [3.05, 3.63) is 36.3 Å². The Labute approximate surface area is 166 Å². The van der Waals surface area contributed by atoms with Gasteiger partial charge in [-0.3, -0.25) is 9.88 Å². The molecule has 0 bridgehead atoms. The van der Waals surface area contributed by atoms with Crippen LogP contribution in [0, 0.1) is 11.3 Å². The van der Waals surface area contributed by atoms with Crippen LogP contribution >= 0.6 is 0 Å². The van der Waals surface area contributed by atoms with E-state index >= 15 is 0 Å². The van der Waals surface area contributed by atoms with Gasteiger partial charge in [0.05, 0.1) is 25.7 Å². The lowest BCUT2D eigenvalue weighted by Gasteiger charge is -2.30. The molecule has 0 unspecified atom stereocenters. The van der Waals surface area contributed by atoms with E-state index in [2.05, 4.69) is 19.9 Å². The Morgan fingerprint density at radius 2 is 1.86 bits per heavy atom. The van der Waals surface area contributed by atoms with E-state index in [1.807, 2.05) is 6.07 Å². The van der Waals surface area contributed by atoms with Gasteiger partial charge in [-0.1, -0.05) is 0 Å². The molecule has 0 aliphatic carbocycles. The highest BCUT2D eigenvalue weighted by atomic mass is 19.4. The zero-order valence-corrected chi connectivity index (χ0v) is 15.8. The van der Waals surface area contributed by atoms with E-state index in [-0.39, 0.29) is 24.6 Å². The molecule has 0 aromatic carbocycles. The molecule has 0 atom stereocenters. The fourth-order valence-electron chi connectivity index (χ4n) is 2.98. The van der Waals surface area contributed by atoms with E-state index in [0.717, 1.165) is 19.2 Å². The number of alkyl halides is 3. The maximum atomic E-state index is 13.5. The van der Waals surface area contributed by atoms with E-state index in [0.29, 0.717) is 31.9 Å². The van der Waals surface area contributed by atoms with Crippen molar-refractivity contribution in [2.45, 2.75) is 12.6 Å². The minimum absolute atomic E-state index is 0.0226. The molecular formula is C19H21F3N6O. The van der Waals surface area contributed by atoms with Crippen molar-refractivity contribution < 1.29 is 17.9 Å². The molecule has 1 fully saturated rings. The van der Waals surface area contributed by atoms with E-state index in [4.69, 9.17) is 10.00 Å². The lowest BCUT2D eigenvalue weighted by molar-refractivity contribution is -0.141. The van der Waals surface area contributed by atoms with Crippen molar-refractivity contribution in [2.75, 3.05) is 50.8 Å². The van der Waals surface area contributed by atoms with Crippen LogP contribution in [0.2, 0.25) is 0 Å². The highest BCUT2D eigenvalue weighted by molar-refractivity contribution is 5.57. The lowest BCUT2D eigenvalue weighted by Crippen LogP contribution is -2.42. The molecule has 2 aromatic rings. The fourth-order valence-corrected chi connectivity index (χ4v) is 2.98. The van der Waals surface area contributed by atoms with Crippen LogP contribution in [0.15, 0.2) is 30.6 Å². The molecule has 3 rings (SSSR count). The fraction of sp³-hybridized carbons (Fsp3) is 0.474. The van der Waals surface area contributed by atoms with Crippen molar-refractivity contribution in [2.24, 2.45) is 0 Å². The van der Waals surface area contributed by atoms with E-state index in [1.54, 1.807) is 17.0 Å². The largest absolute Gasteiger partial charge is 0.433 e. The van der Waals surface area contributed by atoms with Crippen LogP contribution in [0.1, 0.15) is 12.1 Å². The van der Waals surface area contributed by atoms with Crippen LogP contribution in [0.25, 0.3) is 11.4 Å². The van der Waals surface area contributed by atoms with Gasteiger partial charge in [0, 0.05) is 56.7 Å². The maximum absolute atomic E-state index is 13.5. The predicted molar refractivity (Wildman–Crippen MR) is 100.0 cm³/mol. The molecule has 1 saturated heterocycles. The maximum Gasteiger partial charge on any atom is 0.433 e. The van der Waals surface area contributed by atoms with Gasteiger partial charge in [-0.2, -0.15) is 18.4 Å². The molecule has 7 nitrogen and oxygen atoms in total. The second-order valence-corrected chi connectivity index (χ2v) is 6.52. The number of aromatic nitrogens is 3. The Morgan fingerprint density at radius 3 is 2.52 bits per heavy atom. The minimum atomic E-state index is -4.61. The molecule has 154 valence electrons. The normalized spacial score (nSPS) is 15.1. The Balaban J connectivity index is 1.91. The first-order valence-electron chi connectivity index (χ1n) is 9.26. The first-order valence-corrected chi connectivity index (χ1v) is 9.26. The van der Waals surface area contributed by atoms with Crippen molar-refractivity contribution in [3.8, 4) is 17.5 Å². The van der Waals surface area contributed by atoms with Gasteiger partial charge in [0.15, 0.2) is 11.5 Å². The van der Waals surface area contributed by atoms with Gasteiger partial charge in [0.2, 0.25) is 0 Å². The second-order valence-electron chi connectivity index (χ2n) is 6.52. The van der Waals surface area contributed by atoms with Gasteiger partial charge in [0.25, 0.3) is 0 Å². The Hall–Kier alpha value is -2.77. The van der Waals surface area contributed by atoms with Gasteiger partial charge < -0.3 is 9.64 Å². The highest BCUT2D eigenvalue weighted by Crippen LogP contribution is 2.31. The van der Waals surface area contributed by atoms with Crippen LogP contribution in [-0.4, -0.2) is 65.8 Å². The number of halogens is 3. The second kappa shape index (κ2) is 9.62. The van der Waals surface area contributed by atoms with Crippen LogP contribution in [0.4, 0.5) is 19.0 Å². The summed E-state index contributed by atoms with van der Waals surface area (Å²) in [6, 6.07) is 6.12. The zero-order valence-electron chi connectivity index (χ0n) is 15.8. The number of hydrogen-bond donors (Lipinski definition) is 0. The molecule has 0 N–H and O–H groups in total. The summed E-state index contributed by atoms with van der Waals surface area (Å²) in [5.41, 5.74) is -0.566. The molecule has 3 heterocycles. The molecule has 1 aliphatic heterocycles. The molecule has 0 spiro atoms. The zero-order chi connectivity index (χ0) is 20.7. The quantitative estimate of drug-likeness (QED) is 0.699. The molecular weight excluding hydrogens is 385 g/mol. The first-order chi connectivity index (χ1) is 14.0. The van der Waals surface area contributed by atoms with Crippen molar-refractivity contribution >= 4 is 5.82 Å². The summed E-state index contributed by atoms with van der Waals surface area (Å²) in [6.07, 6.45) is -1.47. The van der Waals surface area contributed by atoms with Gasteiger partial charge in [0.1, 0.15) is 5.82 Å². The summed E-state index contributed by atoms with van der Waals surface area (Å²) in [4.78, 5) is 15.8. The minimum Gasteiger partial charge on any atom is -0.379 e. The molecule has 0 amide bonds. The smallest absolute Gasteiger partial charge is 0.379 e. The average molecular weight is 406 g/mol. The Kier molecular flexibility index (Phi) is 6.95. The molecule has 2 aromatic heterocycles. The standard InChI is InChI=1S/C19H21F3N6O/c20-19(21,22)16-14-17(26-18(25-16)15-2-5-24-6-3-15)28(7-1-4-23)9-8-27-10-12-29-13-11-27/h2-3,5-6,14H,1,7-13H2. The Morgan fingerprint density at radius 1 is 1.14 bits per heavy atom. The molecule has 0 saturated carbocycles. The number of nitrogens with zero attached hydrogens (tertiary/aromatic N) is 6. The van der Waals surface area contributed by atoms with E-state index in [9.17, 15) is 13.2 Å². The average Bonchev–Trinajstić information content (AvgIpc) is 2.74. The molecule has 10 heteroatoms. The summed E-state index contributed by atoms with van der Waals surface area (Å²) in [6.45, 7) is 4.19. The number of nitriles is 1. The third kappa shape index (κ3) is 5.85. The third-order valence-electron chi connectivity index (χ3n) is 4.55. The van der Waals surface area contributed by atoms with Crippen LogP contribution in [0.3, 0.4) is 0 Å². The van der Waals surface area contributed by atoms with Crippen LogP contribution in [-0.2, 0) is 10.9 Å². The number of hydrogen-bond acceptors (Lipinski definition) is 7. The number of anilines is 1. The van der Waals surface area contributed by atoms with E-state index < -0.39 is 11.9 Å². The molecule has 0 radical (unpaired) electrons. The Bertz CT molecular complexity index is 834. The first kappa shape index (κ1) is 21.0. The summed E-state index contributed by atoms with van der Waals surface area (Å²) < 4.78 is 45.7. The molecule has 1 aliphatic rings. The van der Waals surface area contributed by atoms with Crippen LogP contribution < -0.4 is 4.90 Å². The lowest BCUT2D eigenvalue weighted by atomic mass is 10.2. The third-order valence-corrected chi connectivity index (χ3v) is 4.55. The predicted octanol–water partition coefficient (Wildman–Crippen LogP) is 2.61. The number of rotatable bonds is 7. The summed E-state index contributed by atoms with van der Waals surface area (Å²) >= 11 is 0. The van der Waals surface area contributed by atoms with Gasteiger partial charge in [-0.15, -0.1) is 0 Å². The monoisotopic (exact) mass is 406 g/mol. The number of morpholine rings is 1. The van der Waals surface area contributed by atoms with Crippen molar-refractivity contribution in [1.29, 1.82) is 5.26 Å². The van der Waals surface area contributed by atoms with Crippen LogP contribution in [0.5, 0.6) is 0 Å². The number of ether oxygens (including phenoxy) is 1.